The molecule has 3 rings (SSSR count). The zero-order chi connectivity index (χ0) is 18.0. The van der Waals surface area contributed by atoms with Crippen molar-refractivity contribution in [3.8, 4) is 11.8 Å². The number of carbonyl (C=O) groups excluding carboxylic acids is 1. The first-order chi connectivity index (χ1) is 11.8. The standard InChI is InChI=1S/C17H21ClN4O3/c1-17(2,3)25-16(23)22-14(24-13-8-9-19-15(18)20-13)10-12(21-22)11-6-4-5-7-11/h8-11H,4-7H2,1-3H3. The van der Waals surface area contributed by atoms with Crippen molar-refractivity contribution in [2.45, 2.75) is 58.0 Å². The van der Waals surface area contributed by atoms with Crippen molar-refractivity contribution < 1.29 is 14.3 Å². The maximum absolute atomic E-state index is 12.5. The van der Waals surface area contributed by atoms with Crippen LogP contribution in [0.1, 0.15) is 58.1 Å². The topological polar surface area (TPSA) is 79.1 Å². The van der Waals surface area contributed by atoms with Gasteiger partial charge in [-0.25, -0.2) is 9.78 Å². The lowest BCUT2D eigenvalue weighted by molar-refractivity contribution is 0.0502. The van der Waals surface area contributed by atoms with Gasteiger partial charge in [0, 0.05) is 24.2 Å². The van der Waals surface area contributed by atoms with E-state index in [0.29, 0.717) is 5.92 Å². The van der Waals surface area contributed by atoms with Gasteiger partial charge in [0.05, 0.1) is 5.69 Å². The predicted molar refractivity (Wildman–Crippen MR) is 92.2 cm³/mol. The summed E-state index contributed by atoms with van der Waals surface area (Å²) in [5.41, 5.74) is 0.199. The Kier molecular flexibility index (Phi) is 4.94. The van der Waals surface area contributed by atoms with Crippen LogP contribution in [0, 0.1) is 0 Å². The SMILES string of the molecule is CC(C)(C)OC(=O)n1nc(C2CCCC2)cc1Oc1ccnc(Cl)n1. The maximum atomic E-state index is 12.5. The van der Waals surface area contributed by atoms with Crippen LogP contribution in [0.2, 0.25) is 5.28 Å². The zero-order valence-electron chi connectivity index (χ0n) is 14.5. The Morgan fingerprint density at radius 3 is 2.68 bits per heavy atom. The Morgan fingerprint density at radius 1 is 1.32 bits per heavy atom. The molecule has 1 saturated carbocycles. The molecule has 7 nitrogen and oxygen atoms in total. The fourth-order valence-electron chi connectivity index (χ4n) is 2.79. The predicted octanol–water partition coefficient (Wildman–Crippen LogP) is 4.56. The van der Waals surface area contributed by atoms with Crippen LogP contribution >= 0.6 is 11.6 Å². The average Bonchev–Trinajstić information content (AvgIpc) is 3.14. The number of aromatic nitrogens is 4. The fourth-order valence-corrected chi connectivity index (χ4v) is 2.93. The molecule has 1 aliphatic rings. The Morgan fingerprint density at radius 2 is 2.04 bits per heavy atom. The van der Waals surface area contributed by atoms with Crippen molar-refractivity contribution >= 4 is 17.7 Å². The van der Waals surface area contributed by atoms with Crippen LogP contribution in [0.5, 0.6) is 11.8 Å². The number of hydrogen-bond acceptors (Lipinski definition) is 6. The first kappa shape index (κ1) is 17.7. The molecule has 8 heteroatoms. The molecule has 0 atom stereocenters. The molecular weight excluding hydrogens is 344 g/mol. The van der Waals surface area contributed by atoms with Gasteiger partial charge in [-0.2, -0.15) is 10.1 Å². The highest BCUT2D eigenvalue weighted by Crippen LogP contribution is 2.35. The van der Waals surface area contributed by atoms with E-state index in [-0.39, 0.29) is 17.0 Å². The van der Waals surface area contributed by atoms with Gasteiger partial charge < -0.3 is 9.47 Å². The lowest BCUT2D eigenvalue weighted by Gasteiger charge is -2.19. The minimum Gasteiger partial charge on any atom is -0.442 e. The Hall–Kier alpha value is -2.15. The summed E-state index contributed by atoms with van der Waals surface area (Å²) in [5, 5.41) is 4.50. The number of ether oxygens (including phenoxy) is 2. The quantitative estimate of drug-likeness (QED) is 0.743. The Balaban J connectivity index is 1.91. The van der Waals surface area contributed by atoms with Crippen LogP contribution in [0.25, 0.3) is 0 Å². The highest BCUT2D eigenvalue weighted by molar-refractivity contribution is 6.28. The molecule has 0 amide bonds. The zero-order valence-corrected chi connectivity index (χ0v) is 15.3. The number of nitrogens with zero attached hydrogens (tertiary/aromatic N) is 4. The number of hydrogen-bond donors (Lipinski definition) is 0. The molecule has 0 bridgehead atoms. The fraction of sp³-hybridized carbons (Fsp3) is 0.529. The highest BCUT2D eigenvalue weighted by Gasteiger charge is 2.27. The first-order valence-electron chi connectivity index (χ1n) is 8.31. The van der Waals surface area contributed by atoms with Crippen molar-refractivity contribution in [3.05, 3.63) is 29.3 Å². The van der Waals surface area contributed by atoms with Gasteiger partial charge in [-0.1, -0.05) is 12.8 Å². The smallest absolute Gasteiger partial charge is 0.438 e. The van der Waals surface area contributed by atoms with Gasteiger partial charge in [0.15, 0.2) is 0 Å². The van der Waals surface area contributed by atoms with Gasteiger partial charge in [0.2, 0.25) is 17.0 Å². The van der Waals surface area contributed by atoms with Crippen LogP contribution in [0.3, 0.4) is 0 Å². The molecule has 0 radical (unpaired) electrons. The van der Waals surface area contributed by atoms with E-state index in [2.05, 4.69) is 15.1 Å². The molecule has 1 fully saturated rings. The maximum Gasteiger partial charge on any atom is 0.438 e. The lowest BCUT2D eigenvalue weighted by Crippen LogP contribution is -2.28. The monoisotopic (exact) mass is 364 g/mol. The minimum atomic E-state index is -0.633. The van der Waals surface area contributed by atoms with E-state index in [1.165, 1.54) is 19.0 Å². The lowest BCUT2D eigenvalue weighted by atomic mass is 10.1. The van der Waals surface area contributed by atoms with Gasteiger partial charge in [0.25, 0.3) is 0 Å². The summed E-state index contributed by atoms with van der Waals surface area (Å²) in [6.45, 7) is 5.41. The van der Waals surface area contributed by atoms with E-state index in [0.717, 1.165) is 23.2 Å². The van der Waals surface area contributed by atoms with Crippen molar-refractivity contribution in [2.24, 2.45) is 0 Å². The molecule has 2 aromatic heterocycles. The normalized spacial score (nSPS) is 15.4. The van der Waals surface area contributed by atoms with Crippen molar-refractivity contribution in [3.63, 3.8) is 0 Å². The van der Waals surface area contributed by atoms with Crippen molar-refractivity contribution in [1.82, 2.24) is 19.7 Å². The molecular formula is C17H21ClN4O3. The van der Waals surface area contributed by atoms with Crippen molar-refractivity contribution in [2.75, 3.05) is 0 Å². The largest absolute Gasteiger partial charge is 0.442 e. The second-order valence-corrected chi connectivity index (χ2v) is 7.38. The van der Waals surface area contributed by atoms with E-state index in [1.54, 1.807) is 32.9 Å². The molecule has 0 aromatic carbocycles. The van der Waals surface area contributed by atoms with E-state index < -0.39 is 11.7 Å². The molecule has 0 spiro atoms. The first-order valence-corrected chi connectivity index (χ1v) is 8.69. The third-order valence-corrected chi connectivity index (χ3v) is 4.03. The summed E-state index contributed by atoms with van der Waals surface area (Å²) in [4.78, 5) is 20.3. The van der Waals surface area contributed by atoms with Gasteiger partial charge in [-0.05, 0) is 45.2 Å². The molecule has 1 aliphatic carbocycles. The number of rotatable bonds is 3. The van der Waals surface area contributed by atoms with Gasteiger partial charge in [-0.15, -0.1) is 4.68 Å². The molecule has 0 N–H and O–H groups in total. The molecule has 2 heterocycles. The van der Waals surface area contributed by atoms with Crippen LogP contribution in [-0.2, 0) is 4.74 Å². The molecule has 0 saturated heterocycles. The van der Waals surface area contributed by atoms with Crippen molar-refractivity contribution in [1.29, 1.82) is 0 Å². The van der Waals surface area contributed by atoms with Crippen LogP contribution in [0.15, 0.2) is 18.3 Å². The average molecular weight is 365 g/mol. The second kappa shape index (κ2) is 7.00. The summed E-state index contributed by atoms with van der Waals surface area (Å²) in [6.07, 6.45) is 5.35. The summed E-state index contributed by atoms with van der Waals surface area (Å²) >= 11 is 5.79. The van der Waals surface area contributed by atoms with Crippen LogP contribution in [-0.4, -0.2) is 31.4 Å². The van der Waals surface area contributed by atoms with E-state index in [9.17, 15) is 4.79 Å². The number of halogens is 1. The minimum absolute atomic E-state index is 0.0665. The van der Waals surface area contributed by atoms with E-state index in [4.69, 9.17) is 21.1 Å². The van der Waals surface area contributed by atoms with Gasteiger partial charge >= 0.3 is 6.09 Å². The molecule has 0 aliphatic heterocycles. The van der Waals surface area contributed by atoms with E-state index in [1.807, 2.05) is 0 Å². The number of carbonyl (C=O) groups is 1. The summed E-state index contributed by atoms with van der Waals surface area (Å²) in [7, 11) is 0. The second-order valence-electron chi connectivity index (χ2n) is 7.05. The Labute approximate surface area is 151 Å². The highest BCUT2D eigenvalue weighted by atomic mass is 35.5. The summed E-state index contributed by atoms with van der Waals surface area (Å²) in [6, 6.07) is 3.34. The van der Waals surface area contributed by atoms with Gasteiger partial charge in [-0.3, -0.25) is 0 Å². The third-order valence-electron chi connectivity index (χ3n) is 3.85. The molecule has 134 valence electrons. The molecule has 0 unspecified atom stereocenters. The van der Waals surface area contributed by atoms with Gasteiger partial charge in [0.1, 0.15) is 5.60 Å². The third kappa shape index (κ3) is 4.48. The van der Waals surface area contributed by atoms with Crippen LogP contribution in [0.4, 0.5) is 4.79 Å². The van der Waals surface area contributed by atoms with Crippen LogP contribution < -0.4 is 4.74 Å². The molecule has 2 aromatic rings. The summed E-state index contributed by atoms with van der Waals surface area (Å²) < 4.78 is 12.3. The van der Waals surface area contributed by atoms with E-state index >= 15 is 0 Å². The molecule has 25 heavy (non-hydrogen) atoms. The summed E-state index contributed by atoms with van der Waals surface area (Å²) in [5.74, 6) is 0.827. The Bertz CT molecular complexity index is 763.